The maximum atomic E-state index is 12.1. The Kier molecular flexibility index (Phi) is 6.90. The number of aliphatic carboxylic acids is 1. The highest BCUT2D eigenvalue weighted by Gasteiger charge is 2.34. The minimum absolute atomic E-state index is 0.168. The SMILES string of the molecule is COc1ccc([C@H]2N[C@@H](C(=O)O)Cc3c2[nH]c2ccccc32)cc1CN1CCc2cc(OC)c(OC)cc2[C@H]1C. The molecule has 3 heterocycles. The number of hydrogen-bond acceptors (Lipinski definition) is 6. The lowest BCUT2D eigenvalue weighted by molar-refractivity contribution is -0.139. The van der Waals surface area contributed by atoms with Crippen LogP contribution in [0.25, 0.3) is 10.9 Å². The molecule has 0 radical (unpaired) electrons. The number of para-hydroxylation sites is 1. The number of H-pyrrole nitrogens is 1. The van der Waals surface area contributed by atoms with Gasteiger partial charge in [-0.1, -0.05) is 24.3 Å². The van der Waals surface area contributed by atoms with Crippen LogP contribution < -0.4 is 19.5 Å². The summed E-state index contributed by atoms with van der Waals surface area (Å²) in [5.41, 5.74) is 7.69. The fraction of sp³-hybridized carbons (Fsp3) is 0.344. The normalized spacial score (nSPS) is 20.6. The second-order valence-corrected chi connectivity index (χ2v) is 10.6. The van der Waals surface area contributed by atoms with Crippen LogP contribution in [0.5, 0.6) is 17.2 Å². The van der Waals surface area contributed by atoms with Crippen LogP contribution in [0.3, 0.4) is 0 Å². The Morgan fingerprint density at radius 2 is 1.75 bits per heavy atom. The van der Waals surface area contributed by atoms with Gasteiger partial charge in [-0.15, -0.1) is 0 Å². The Morgan fingerprint density at radius 3 is 2.50 bits per heavy atom. The van der Waals surface area contributed by atoms with E-state index >= 15 is 0 Å². The lowest BCUT2D eigenvalue weighted by Gasteiger charge is -2.36. The van der Waals surface area contributed by atoms with Gasteiger partial charge in [0.25, 0.3) is 0 Å². The predicted octanol–water partition coefficient (Wildman–Crippen LogP) is 5.00. The highest BCUT2D eigenvalue weighted by Crippen LogP contribution is 2.40. The first-order valence-corrected chi connectivity index (χ1v) is 13.7. The second-order valence-electron chi connectivity index (χ2n) is 10.6. The third-order valence-electron chi connectivity index (χ3n) is 8.53. The fourth-order valence-electron chi connectivity index (χ4n) is 6.39. The summed E-state index contributed by atoms with van der Waals surface area (Å²) in [7, 11) is 5.03. The standard InChI is InChI=1S/C32H35N3O5/c1-18-23-16-29(40-4)28(39-3)14-19(23)11-12-35(18)17-21-13-20(9-10-27(21)38-2)30-31-24(15-26(34-30)32(36)37)22-7-5-6-8-25(22)33-31/h5-10,13-14,16,18,26,30,33-34H,11-12,15,17H2,1-4H3,(H,36,37)/t18-,26-,30-/m1/s1. The van der Waals surface area contributed by atoms with Crippen molar-refractivity contribution in [1.82, 2.24) is 15.2 Å². The van der Waals surface area contributed by atoms with Crippen LogP contribution in [0.15, 0.2) is 54.6 Å². The van der Waals surface area contributed by atoms with Gasteiger partial charge in [0, 0.05) is 47.7 Å². The molecule has 0 saturated carbocycles. The molecule has 0 fully saturated rings. The van der Waals surface area contributed by atoms with Gasteiger partial charge in [-0.25, -0.2) is 0 Å². The average molecular weight is 542 g/mol. The number of carbonyl (C=O) groups is 1. The van der Waals surface area contributed by atoms with Gasteiger partial charge in [0.2, 0.25) is 0 Å². The first-order valence-electron chi connectivity index (χ1n) is 13.7. The van der Waals surface area contributed by atoms with Crippen molar-refractivity contribution in [2.24, 2.45) is 0 Å². The number of fused-ring (bicyclic) bond motifs is 4. The largest absolute Gasteiger partial charge is 0.496 e. The molecule has 8 nitrogen and oxygen atoms in total. The molecule has 1 aromatic heterocycles. The molecule has 208 valence electrons. The van der Waals surface area contributed by atoms with E-state index in [9.17, 15) is 9.90 Å². The van der Waals surface area contributed by atoms with Crippen LogP contribution in [-0.4, -0.2) is 54.9 Å². The zero-order valence-corrected chi connectivity index (χ0v) is 23.3. The Balaban J connectivity index is 1.35. The summed E-state index contributed by atoms with van der Waals surface area (Å²) < 4.78 is 16.9. The van der Waals surface area contributed by atoms with E-state index in [0.717, 1.165) is 63.5 Å². The number of ether oxygens (including phenoxy) is 3. The number of carboxylic acids is 1. The Bertz CT molecular complexity index is 1580. The van der Waals surface area contributed by atoms with E-state index in [1.165, 1.54) is 11.1 Å². The molecule has 0 unspecified atom stereocenters. The van der Waals surface area contributed by atoms with E-state index in [1.54, 1.807) is 21.3 Å². The number of nitrogens with one attached hydrogen (secondary N) is 2. The van der Waals surface area contributed by atoms with Crippen LogP contribution in [0.1, 0.15) is 52.5 Å². The molecule has 8 heteroatoms. The highest BCUT2D eigenvalue weighted by atomic mass is 16.5. The molecule has 2 aliphatic rings. The molecule has 0 saturated heterocycles. The molecule has 0 amide bonds. The third kappa shape index (κ3) is 4.47. The molecule has 0 aliphatic carbocycles. The lowest BCUT2D eigenvalue weighted by atomic mass is 9.89. The van der Waals surface area contributed by atoms with E-state index in [0.29, 0.717) is 13.0 Å². The van der Waals surface area contributed by atoms with Crippen molar-refractivity contribution in [1.29, 1.82) is 0 Å². The van der Waals surface area contributed by atoms with Gasteiger partial charge < -0.3 is 24.3 Å². The number of benzene rings is 3. The number of nitrogens with zero attached hydrogens (tertiary/aromatic N) is 1. The summed E-state index contributed by atoms with van der Waals surface area (Å²) in [5, 5.41) is 14.4. The summed E-state index contributed by atoms with van der Waals surface area (Å²) in [6.07, 6.45) is 1.35. The average Bonchev–Trinajstić information content (AvgIpc) is 3.36. The van der Waals surface area contributed by atoms with Crippen LogP contribution in [0.4, 0.5) is 0 Å². The molecule has 4 aromatic rings. The summed E-state index contributed by atoms with van der Waals surface area (Å²) in [5.74, 6) is 1.46. The minimum atomic E-state index is -0.845. The fourth-order valence-corrected chi connectivity index (χ4v) is 6.39. The Morgan fingerprint density at radius 1 is 1.00 bits per heavy atom. The zero-order valence-electron chi connectivity index (χ0n) is 23.3. The smallest absolute Gasteiger partial charge is 0.321 e. The number of aromatic nitrogens is 1. The monoisotopic (exact) mass is 541 g/mol. The van der Waals surface area contributed by atoms with Crippen molar-refractivity contribution in [3.8, 4) is 17.2 Å². The maximum absolute atomic E-state index is 12.1. The van der Waals surface area contributed by atoms with E-state index in [4.69, 9.17) is 14.2 Å². The van der Waals surface area contributed by atoms with Crippen LogP contribution >= 0.6 is 0 Å². The molecule has 0 bridgehead atoms. The van der Waals surface area contributed by atoms with Crippen molar-refractivity contribution >= 4 is 16.9 Å². The van der Waals surface area contributed by atoms with Crippen molar-refractivity contribution < 1.29 is 24.1 Å². The Hall–Kier alpha value is -4.01. The van der Waals surface area contributed by atoms with E-state index in [1.807, 2.05) is 30.3 Å². The van der Waals surface area contributed by atoms with Gasteiger partial charge >= 0.3 is 5.97 Å². The van der Waals surface area contributed by atoms with Gasteiger partial charge in [0.15, 0.2) is 11.5 Å². The summed E-state index contributed by atoms with van der Waals surface area (Å²) in [4.78, 5) is 18.2. The van der Waals surface area contributed by atoms with Gasteiger partial charge in [-0.05, 0) is 65.9 Å². The van der Waals surface area contributed by atoms with E-state index in [-0.39, 0.29) is 12.1 Å². The summed E-state index contributed by atoms with van der Waals surface area (Å²) >= 11 is 0. The van der Waals surface area contributed by atoms with Gasteiger partial charge in [0.1, 0.15) is 11.8 Å². The van der Waals surface area contributed by atoms with Gasteiger partial charge in [0.05, 0.1) is 27.4 Å². The van der Waals surface area contributed by atoms with Crippen molar-refractivity contribution in [2.75, 3.05) is 27.9 Å². The highest BCUT2D eigenvalue weighted by molar-refractivity contribution is 5.87. The Labute approximate surface area is 233 Å². The molecule has 0 spiro atoms. The summed E-state index contributed by atoms with van der Waals surface area (Å²) in [6, 6.07) is 17.7. The predicted molar refractivity (Wildman–Crippen MR) is 153 cm³/mol. The lowest BCUT2D eigenvalue weighted by Crippen LogP contribution is -2.45. The zero-order chi connectivity index (χ0) is 28.0. The molecule has 3 N–H and O–H groups in total. The number of rotatable bonds is 7. The first kappa shape index (κ1) is 26.2. The van der Waals surface area contributed by atoms with Gasteiger partial charge in [-0.2, -0.15) is 0 Å². The van der Waals surface area contributed by atoms with E-state index < -0.39 is 12.0 Å². The maximum Gasteiger partial charge on any atom is 0.321 e. The number of methoxy groups -OCH3 is 3. The molecular weight excluding hydrogens is 506 g/mol. The molecule has 3 aromatic carbocycles. The van der Waals surface area contributed by atoms with E-state index in [2.05, 4.69) is 46.4 Å². The molecule has 2 aliphatic heterocycles. The number of aromatic amines is 1. The minimum Gasteiger partial charge on any atom is -0.496 e. The number of carboxylic acid groups (broad SMARTS) is 1. The van der Waals surface area contributed by atoms with Gasteiger partial charge in [-0.3, -0.25) is 15.0 Å². The van der Waals surface area contributed by atoms with Crippen molar-refractivity contribution in [2.45, 2.75) is 44.4 Å². The molecule has 3 atom stereocenters. The molecule has 6 rings (SSSR count). The van der Waals surface area contributed by atoms with Crippen molar-refractivity contribution in [3.63, 3.8) is 0 Å². The number of hydrogen-bond donors (Lipinski definition) is 3. The molecular formula is C32H35N3O5. The first-order chi connectivity index (χ1) is 19.4. The van der Waals surface area contributed by atoms with Crippen LogP contribution in [0, 0.1) is 0 Å². The third-order valence-corrected chi connectivity index (χ3v) is 8.53. The summed E-state index contributed by atoms with van der Waals surface area (Å²) in [6.45, 7) is 3.81. The van der Waals surface area contributed by atoms with Crippen LogP contribution in [-0.2, 0) is 24.2 Å². The van der Waals surface area contributed by atoms with Crippen molar-refractivity contribution in [3.05, 3.63) is 88.1 Å². The molecule has 40 heavy (non-hydrogen) atoms. The van der Waals surface area contributed by atoms with Crippen LogP contribution in [0.2, 0.25) is 0 Å². The topological polar surface area (TPSA) is 96.0 Å². The quantitative estimate of drug-likeness (QED) is 0.303. The second kappa shape index (κ2) is 10.5.